The van der Waals surface area contributed by atoms with E-state index in [0.717, 1.165) is 33.3 Å². The highest BCUT2D eigenvalue weighted by Gasteiger charge is 2.31. The minimum atomic E-state index is -1.08. The quantitative estimate of drug-likeness (QED) is 0.143. The van der Waals surface area contributed by atoms with E-state index in [0.29, 0.717) is 23.4 Å². The Hall–Kier alpha value is -5.40. The summed E-state index contributed by atoms with van der Waals surface area (Å²) >= 11 is 12.2. The van der Waals surface area contributed by atoms with Gasteiger partial charge in [0.15, 0.2) is 17.3 Å². The van der Waals surface area contributed by atoms with Gasteiger partial charge < -0.3 is 20.7 Å². The molecule has 0 unspecified atom stereocenters. The summed E-state index contributed by atoms with van der Waals surface area (Å²) in [6.07, 6.45) is 2.32. The van der Waals surface area contributed by atoms with E-state index in [-0.39, 0.29) is 45.4 Å². The van der Waals surface area contributed by atoms with Crippen LogP contribution in [0.25, 0.3) is 5.65 Å². The molecule has 2 heterocycles. The molecule has 1 aliphatic rings. The smallest absolute Gasteiger partial charge is 0.338 e. The van der Waals surface area contributed by atoms with Crippen LogP contribution in [0.3, 0.4) is 0 Å². The molecule has 1 atom stereocenters. The van der Waals surface area contributed by atoms with Gasteiger partial charge in [-0.3, -0.25) is 14.4 Å². The highest BCUT2D eigenvalue weighted by molar-refractivity contribution is 6.37. The van der Waals surface area contributed by atoms with Crippen molar-refractivity contribution in [2.75, 3.05) is 5.32 Å². The number of hydrogen-bond acceptors (Lipinski definition) is 7. The summed E-state index contributed by atoms with van der Waals surface area (Å²) in [5, 5.41) is 13.0. The fraction of sp³-hybridized carbons (Fsp3) is 0.243. The average molecular weight is 750 g/mol. The van der Waals surface area contributed by atoms with E-state index in [1.54, 1.807) is 32.9 Å². The van der Waals surface area contributed by atoms with Crippen LogP contribution in [0, 0.1) is 18.6 Å². The minimum Gasteiger partial charge on any atom is -0.456 e. The first-order valence-electron chi connectivity index (χ1n) is 16.1. The lowest BCUT2D eigenvalue weighted by Gasteiger charge is -2.21. The van der Waals surface area contributed by atoms with Crippen LogP contribution in [0.15, 0.2) is 60.8 Å². The van der Waals surface area contributed by atoms with Crippen LogP contribution >= 0.6 is 23.2 Å². The topological polar surface area (TPSA) is 144 Å². The fourth-order valence-corrected chi connectivity index (χ4v) is 6.38. The molecular formula is C37H32Cl2F2N6O5. The normalized spacial score (nSPS) is 13.8. The zero-order chi connectivity index (χ0) is 37.5. The predicted molar refractivity (Wildman–Crippen MR) is 190 cm³/mol. The Morgan fingerprint density at radius 1 is 0.942 bits per heavy atom. The van der Waals surface area contributed by atoms with E-state index < -0.39 is 47.0 Å². The lowest BCUT2D eigenvalue weighted by Crippen LogP contribution is -2.31. The molecule has 0 radical (unpaired) electrons. The Kier molecular flexibility index (Phi) is 10.0. The maximum Gasteiger partial charge on any atom is 0.338 e. The molecule has 6 rings (SSSR count). The minimum absolute atomic E-state index is 0.0770. The second-order valence-corrected chi connectivity index (χ2v) is 14.0. The van der Waals surface area contributed by atoms with Gasteiger partial charge in [-0.25, -0.2) is 23.1 Å². The van der Waals surface area contributed by atoms with E-state index in [1.807, 2.05) is 6.92 Å². The Balaban J connectivity index is 1.32. The predicted octanol–water partition coefficient (Wildman–Crippen LogP) is 7.18. The van der Waals surface area contributed by atoms with Crippen molar-refractivity contribution in [3.05, 3.63) is 127 Å². The second kappa shape index (κ2) is 14.3. The molecule has 0 spiro atoms. The van der Waals surface area contributed by atoms with Crippen LogP contribution in [0.5, 0.6) is 0 Å². The Morgan fingerprint density at radius 3 is 2.42 bits per heavy atom. The van der Waals surface area contributed by atoms with Crippen molar-refractivity contribution in [3.8, 4) is 0 Å². The van der Waals surface area contributed by atoms with Gasteiger partial charge in [-0.2, -0.15) is 5.10 Å². The van der Waals surface area contributed by atoms with Crippen molar-refractivity contribution >= 4 is 58.2 Å². The molecule has 15 heteroatoms. The Labute approximate surface area is 306 Å². The number of carbonyl (C=O) groups is 4. The molecule has 0 saturated heterocycles. The third-order valence-electron chi connectivity index (χ3n) is 8.42. The van der Waals surface area contributed by atoms with Gasteiger partial charge in [0.1, 0.15) is 22.6 Å². The molecule has 52 heavy (non-hydrogen) atoms. The fourth-order valence-electron chi connectivity index (χ4n) is 5.92. The summed E-state index contributed by atoms with van der Waals surface area (Å²) in [6.45, 7) is 7.03. The van der Waals surface area contributed by atoms with Crippen molar-refractivity contribution in [3.63, 3.8) is 0 Å². The lowest BCUT2D eigenvalue weighted by molar-refractivity contribution is 0.00682. The number of ether oxygens (including phenoxy) is 1. The monoisotopic (exact) mass is 748 g/mol. The summed E-state index contributed by atoms with van der Waals surface area (Å²) in [6, 6.07) is 11.9. The van der Waals surface area contributed by atoms with Crippen LogP contribution in [-0.2, 0) is 17.7 Å². The molecular weight excluding hydrogens is 717 g/mol. The van der Waals surface area contributed by atoms with Crippen molar-refractivity contribution in [2.24, 2.45) is 0 Å². The first-order valence-corrected chi connectivity index (χ1v) is 16.9. The van der Waals surface area contributed by atoms with E-state index in [9.17, 15) is 28.0 Å². The maximum absolute atomic E-state index is 14.0. The number of esters is 1. The molecule has 2 aromatic heterocycles. The van der Waals surface area contributed by atoms with Crippen molar-refractivity contribution in [2.45, 2.75) is 58.7 Å². The number of benzene rings is 3. The van der Waals surface area contributed by atoms with Gasteiger partial charge in [0.2, 0.25) is 0 Å². The number of anilines is 1. The van der Waals surface area contributed by atoms with Gasteiger partial charge in [0.05, 0.1) is 28.5 Å². The van der Waals surface area contributed by atoms with Gasteiger partial charge in [-0.15, -0.1) is 0 Å². The van der Waals surface area contributed by atoms with Crippen LogP contribution in [0.1, 0.15) is 97.2 Å². The first kappa shape index (κ1) is 36.4. The number of hydrogen-bond donors (Lipinski definition) is 3. The number of nitrogens with zero attached hydrogens (tertiary/aromatic N) is 3. The highest BCUT2D eigenvalue weighted by Crippen LogP contribution is 2.35. The van der Waals surface area contributed by atoms with E-state index in [2.05, 4.69) is 26.0 Å². The Bertz CT molecular complexity index is 2290. The maximum atomic E-state index is 14.0. The van der Waals surface area contributed by atoms with Crippen molar-refractivity contribution in [1.29, 1.82) is 0 Å². The molecule has 0 fully saturated rings. The number of nitrogens with one attached hydrogen (secondary N) is 3. The highest BCUT2D eigenvalue weighted by atomic mass is 35.5. The van der Waals surface area contributed by atoms with Gasteiger partial charge in [0, 0.05) is 17.6 Å². The molecule has 3 N–H and O–H groups in total. The number of carbonyl (C=O) groups excluding carboxylic acids is 4. The second-order valence-electron chi connectivity index (χ2n) is 13.2. The number of aromatic nitrogens is 3. The zero-order valence-corrected chi connectivity index (χ0v) is 29.9. The standard InChI is InChI=1S/C37H32Cl2F2N6O5/c1-18-21-9-12-28(23(21)8-7-22(18)36(51)52-37(2,3)4)45-35(50)31-15-30(34(49)42-16-19-5-10-26(40)27(41)13-19)44-32-24(17-43-47(31)32)33(48)46-29-11-6-20(38)14-25(29)39/h5-8,10-11,13-15,17,28H,9,12,16H2,1-4H3,(H,42,49)(H,45,50)(H,46,48)/t28-/m0/s1. The molecule has 0 bridgehead atoms. The molecule has 268 valence electrons. The summed E-state index contributed by atoms with van der Waals surface area (Å²) < 4.78 is 34.0. The summed E-state index contributed by atoms with van der Waals surface area (Å²) in [5.41, 5.74) is 2.27. The molecule has 0 aliphatic heterocycles. The van der Waals surface area contributed by atoms with Crippen molar-refractivity contribution < 1.29 is 32.7 Å². The third kappa shape index (κ3) is 7.60. The van der Waals surface area contributed by atoms with Crippen LogP contribution < -0.4 is 16.0 Å². The van der Waals surface area contributed by atoms with E-state index >= 15 is 0 Å². The van der Waals surface area contributed by atoms with Crippen molar-refractivity contribution in [1.82, 2.24) is 25.2 Å². The van der Waals surface area contributed by atoms with E-state index in [4.69, 9.17) is 27.9 Å². The van der Waals surface area contributed by atoms with Gasteiger partial charge >= 0.3 is 5.97 Å². The van der Waals surface area contributed by atoms with Gasteiger partial charge in [-0.1, -0.05) is 35.3 Å². The SMILES string of the molecule is Cc1c(C(=O)OC(C)(C)C)ccc2c1CC[C@@H]2NC(=O)c1cc(C(=O)NCc2ccc(F)c(F)c2)nc2c(C(=O)Nc3ccc(Cl)cc3Cl)cnn12. The first-order chi connectivity index (χ1) is 24.6. The molecule has 3 aromatic carbocycles. The number of amides is 3. The number of fused-ring (bicyclic) bond motifs is 2. The third-order valence-corrected chi connectivity index (χ3v) is 8.96. The van der Waals surface area contributed by atoms with Crippen LogP contribution in [0.4, 0.5) is 14.5 Å². The van der Waals surface area contributed by atoms with E-state index in [1.165, 1.54) is 36.5 Å². The average Bonchev–Trinajstić information content (AvgIpc) is 3.70. The number of halogens is 4. The molecule has 1 aliphatic carbocycles. The van der Waals surface area contributed by atoms with Crippen LogP contribution in [0.2, 0.25) is 10.0 Å². The molecule has 11 nitrogen and oxygen atoms in total. The molecule has 5 aromatic rings. The Morgan fingerprint density at radius 2 is 1.71 bits per heavy atom. The van der Waals surface area contributed by atoms with Crippen LogP contribution in [-0.4, -0.2) is 43.9 Å². The van der Waals surface area contributed by atoms with Gasteiger partial charge in [-0.05, 0) is 99.2 Å². The summed E-state index contributed by atoms with van der Waals surface area (Å²) in [7, 11) is 0. The number of rotatable bonds is 8. The molecule has 3 amide bonds. The largest absolute Gasteiger partial charge is 0.456 e. The molecule has 0 saturated carbocycles. The lowest BCUT2D eigenvalue weighted by atomic mass is 9.97. The zero-order valence-electron chi connectivity index (χ0n) is 28.4. The van der Waals surface area contributed by atoms with Gasteiger partial charge in [0.25, 0.3) is 17.7 Å². The summed E-state index contributed by atoms with van der Waals surface area (Å²) in [4.78, 5) is 58.1. The summed E-state index contributed by atoms with van der Waals surface area (Å²) in [5.74, 6) is -4.61.